The SMILES string of the molecule is CCCCCCCCCCCCCCCCCCCCCC[SiH3]. The van der Waals surface area contributed by atoms with Crippen molar-refractivity contribution in [3.63, 3.8) is 0 Å². The first-order valence-electron chi connectivity index (χ1n) is 11.4. The predicted octanol–water partition coefficient (Wildman–Crippen LogP) is 7.59. The first kappa shape index (κ1) is 23.2. The molecule has 0 N–H and O–H groups in total. The zero-order chi connectivity index (χ0) is 16.8. The molecule has 0 bridgehead atoms. The highest BCUT2D eigenvalue weighted by Crippen LogP contribution is 2.14. The molecule has 0 aliphatic carbocycles. The monoisotopic (exact) mass is 340 g/mol. The molecular formula is C22H48Si. The summed E-state index contributed by atoms with van der Waals surface area (Å²) in [5.41, 5.74) is 0. The van der Waals surface area contributed by atoms with Gasteiger partial charge in [0.1, 0.15) is 0 Å². The van der Waals surface area contributed by atoms with Gasteiger partial charge in [-0.15, -0.1) is 0 Å². The van der Waals surface area contributed by atoms with Crippen molar-refractivity contribution in [3.05, 3.63) is 0 Å². The van der Waals surface area contributed by atoms with Crippen LogP contribution in [0.3, 0.4) is 0 Å². The highest BCUT2D eigenvalue weighted by atomic mass is 28.1. The van der Waals surface area contributed by atoms with Crippen molar-refractivity contribution < 1.29 is 0 Å². The molecule has 23 heavy (non-hydrogen) atoms. The van der Waals surface area contributed by atoms with Crippen LogP contribution in [0.2, 0.25) is 6.04 Å². The molecule has 0 amide bonds. The summed E-state index contributed by atoms with van der Waals surface area (Å²) in [5.74, 6) is 0. The summed E-state index contributed by atoms with van der Waals surface area (Å²) in [7, 11) is 1.41. The van der Waals surface area contributed by atoms with Gasteiger partial charge in [0.05, 0.1) is 0 Å². The van der Waals surface area contributed by atoms with Crippen molar-refractivity contribution in [1.82, 2.24) is 0 Å². The van der Waals surface area contributed by atoms with Crippen molar-refractivity contribution in [2.45, 2.75) is 141 Å². The zero-order valence-electron chi connectivity index (χ0n) is 16.8. The van der Waals surface area contributed by atoms with Gasteiger partial charge in [0.15, 0.2) is 0 Å². The molecule has 0 nitrogen and oxygen atoms in total. The molecule has 0 unspecified atom stereocenters. The second-order valence-electron chi connectivity index (χ2n) is 7.72. The van der Waals surface area contributed by atoms with E-state index in [4.69, 9.17) is 0 Å². The molecule has 0 radical (unpaired) electrons. The predicted molar refractivity (Wildman–Crippen MR) is 113 cm³/mol. The van der Waals surface area contributed by atoms with Crippen LogP contribution < -0.4 is 0 Å². The number of hydrogen-bond acceptors (Lipinski definition) is 0. The minimum atomic E-state index is 1.38. The van der Waals surface area contributed by atoms with Gasteiger partial charge in [-0.2, -0.15) is 0 Å². The van der Waals surface area contributed by atoms with E-state index in [1.54, 1.807) is 0 Å². The standard InChI is InChI=1S/C22H48Si/c1-2-3-4-5-6-7-8-9-10-11-12-13-14-15-16-17-18-19-20-21-22-23/h2-22H2,1,23H3. The lowest BCUT2D eigenvalue weighted by Gasteiger charge is -2.04. The lowest BCUT2D eigenvalue weighted by Crippen LogP contribution is -1.84. The number of rotatable bonds is 20. The van der Waals surface area contributed by atoms with Gasteiger partial charge < -0.3 is 0 Å². The Hall–Kier alpha value is 0.217. The van der Waals surface area contributed by atoms with Gasteiger partial charge in [-0.3, -0.25) is 0 Å². The molecule has 0 saturated heterocycles. The van der Waals surface area contributed by atoms with E-state index >= 15 is 0 Å². The molecule has 0 fully saturated rings. The maximum atomic E-state index is 2.30. The van der Waals surface area contributed by atoms with Crippen LogP contribution in [0, 0.1) is 0 Å². The van der Waals surface area contributed by atoms with Crippen molar-refractivity contribution in [2.75, 3.05) is 0 Å². The average Bonchev–Trinajstić information content (AvgIpc) is 2.57. The van der Waals surface area contributed by atoms with E-state index < -0.39 is 0 Å². The Balaban J connectivity index is 2.92. The molecule has 0 atom stereocenters. The quantitative estimate of drug-likeness (QED) is 0.158. The maximum absolute atomic E-state index is 2.30. The smallest absolute Gasteiger partial charge is 0.00279 e. The van der Waals surface area contributed by atoms with Crippen LogP contribution in [0.1, 0.15) is 135 Å². The van der Waals surface area contributed by atoms with E-state index in [1.165, 1.54) is 145 Å². The summed E-state index contributed by atoms with van der Waals surface area (Å²) in [5, 5.41) is 0. The summed E-state index contributed by atoms with van der Waals surface area (Å²) in [6.45, 7) is 2.30. The third-order valence-corrected chi connectivity index (χ3v) is 5.91. The Morgan fingerprint density at radius 2 is 0.565 bits per heavy atom. The van der Waals surface area contributed by atoms with Gasteiger partial charge in [-0.1, -0.05) is 141 Å². The Bertz CT molecular complexity index is 170. The van der Waals surface area contributed by atoms with E-state index in [1.807, 2.05) is 0 Å². The number of unbranched alkanes of at least 4 members (excludes halogenated alkanes) is 19. The summed E-state index contributed by atoms with van der Waals surface area (Å²) < 4.78 is 0. The largest absolute Gasteiger partial charge is 0.0658 e. The van der Waals surface area contributed by atoms with E-state index in [9.17, 15) is 0 Å². The molecule has 0 aromatic heterocycles. The van der Waals surface area contributed by atoms with Gasteiger partial charge in [0.2, 0.25) is 0 Å². The lowest BCUT2D eigenvalue weighted by molar-refractivity contribution is 0.523. The molecule has 1 heteroatoms. The van der Waals surface area contributed by atoms with Gasteiger partial charge in [-0.25, -0.2) is 0 Å². The van der Waals surface area contributed by atoms with Crippen LogP contribution in [-0.4, -0.2) is 10.2 Å². The summed E-state index contributed by atoms with van der Waals surface area (Å²) in [4.78, 5) is 0. The molecule has 0 heterocycles. The van der Waals surface area contributed by atoms with Crippen LogP contribution in [-0.2, 0) is 0 Å². The lowest BCUT2D eigenvalue weighted by atomic mass is 10.0. The third kappa shape index (κ3) is 22.2. The van der Waals surface area contributed by atoms with Crippen LogP contribution in [0.15, 0.2) is 0 Å². The second kappa shape index (κ2) is 22.2. The topological polar surface area (TPSA) is 0 Å². The average molecular weight is 341 g/mol. The highest BCUT2D eigenvalue weighted by molar-refractivity contribution is 6.08. The molecule has 0 aliphatic rings. The fourth-order valence-electron chi connectivity index (χ4n) is 3.51. The van der Waals surface area contributed by atoms with Gasteiger partial charge in [0.25, 0.3) is 0 Å². The zero-order valence-corrected chi connectivity index (χ0v) is 18.8. The van der Waals surface area contributed by atoms with E-state index in [0.29, 0.717) is 0 Å². The van der Waals surface area contributed by atoms with Crippen LogP contribution in [0.25, 0.3) is 0 Å². The number of hydrogen-bond donors (Lipinski definition) is 0. The van der Waals surface area contributed by atoms with Crippen LogP contribution >= 0.6 is 0 Å². The molecule has 140 valence electrons. The van der Waals surface area contributed by atoms with Gasteiger partial charge in [-0.05, 0) is 0 Å². The minimum Gasteiger partial charge on any atom is -0.0658 e. The fraction of sp³-hybridized carbons (Fsp3) is 1.00. The first-order chi connectivity index (χ1) is 11.4. The van der Waals surface area contributed by atoms with Crippen LogP contribution in [0.4, 0.5) is 0 Å². The second-order valence-corrected chi connectivity index (χ2v) is 8.72. The minimum absolute atomic E-state index is 1.38. The van der Waals surface area contributed by atoms with Crippen molar-refractivity contribution in [1.29, 1.82) is 0 Å². The Morgan fingerprint density at radius 1 is 0.348 bits per heavy atom. The third-order valence-electron chi connectivity index (χ3n) is 5.21. The summed E-state index contributed by atoms with van der Waals surface area (Å²) in [6, 6.07) is 1.51. The Morgan fingerprint density at radius 3 is 0.783 bits per heavy atom. The molecule has 0 aromatic rings. The molecule has 0 rings (SSSR count). The van der Waals surface area contributed by atoms with Crippen molar-refractivity contribution in [3.8, 4) is 0 Å². The van der Waals surface area contributed by atoms with E-state index in [-0.39, 0.29) is 0 Å². The fourth-order valence-corrected chi connectivity index (χ4v) is 4.01. The normalized spacial score (nSPS) is 11.3. The van der Waals surface area contributed by atoms with E-state index in [2.05, 4.69) is 6.92 Å². The van der Waals surface area contributed by atoms with Crippen molar-refractivity contribution >= 4 is 10.2 Å². The molecular weight excluding hydrogens is 292 g/mol. The van der Waals surface area contributed by atoms with Gasteiger partial charge in [0, 0.05) is 10.2 Å². The maximum Gasteiger partial charge on any atom is 0.00279 e. The van der Waals surface area contributed by atoms with E-state index in [0.717, 1.165) is 0 Å². The first-order valence-corrected chi connectivity index (χ1v) is 12.8. The summed E-state index contributed by atoms with van der Waals surface area (Å²) in [6.07, 6.45) is 29.7. The van der Waals surface area contributed by atoms with Crippen LogP contribution in [0.5, 0.6) is 0 Å². The summed E-state index contributed by atoms with van der Waals surface area (Å²) >= 11 is 0. The van der Waals surface area contributed by atoms with Gasteiger partial charge >= 0.3 is 0 Å². The molecule has 0 saturated carbocycles. The Labute approximate surface area is 152 Å². The Kier molecular flexibility index (Phi) is 22.4. The highest BCUT2D eigenvalue weighted by Gasteiger charge is 1.95. The van der Waals surface area contributed by atoms with Crippen molar-refractivity contribution in [2.24, 2.45) is 0 Å². The molecule has 0 spiro atoms. The molecule has 0 aliphatic heterocycles. The molecule has 0 aromatic carbocycles.